The maximum Gasteiger partial charge on any atom is 0.261 e. The molecule has 0 radical (unpaired) electrons. The van der Waals surface area contributed by atoms with Crippen molar-refractivity contribution in [3.05, 3.63) is 53.6 Å². The lowest BCUT2D eigenvalue weighted by molar-refractivity contribution is 0.0752. The number of benzene rings is 2. The molecule has 0 spiro atoms. The summed E-state index contributed by atoms with van der Waals surface area (Å²) in [4.78, 5) is 30.1. The number of methoxy groups -OCH3 is 1. The number of carbonyl (C=O) groups excluding carboxylic acids is 2. The molecule has 36 heavy (non-hydrogen) atoms. The fourth-order valence-electron chi connectivity index (χ4n) is 4.87. The van der Waals surface area contributed by atoms with Gasteiger partial charge < -0.3 is 14.5 Å². The van der Waals surface area contributed by atoms with Gasteiger partial charge >= 0.3 is 0 Å². The first-order chi connectivity index (χ1) is 17.4. The Morgan fingerprint density at radius 1 is 0.750 bits per heavy atom. The fourth-order valence-corrected chi connectivity index (χ4v) is 5.98. The first-order valence-electron chi connectivity index (χ1n) is 12.8. The highest BCUT2D eigenvalue weighted by Gasteiger charge is 2.26. The summed E-state index contributed by atoms with van der Waals surface area (Å²) in [6.07, 6.45) is 8.08. The van der Waals surface area contributed by atoms with E-state index in [1.807, 2.05) is 0 Å². The number of carbonyl (C=O) groups is 2. The summed E-state index contributed by atoms with van der Waals surface area (Å²) in [5, 5.41) is 0. The average molecular weight is 514 g/mol. The zero-order valence-electron chi connectivity index (χ0n) is 20.9. The van der Waals surface area contributed by atoms with E-state index in [0.717, 1.165) is 51.4 Å². The molecule has 0 aromatic heterocycles. The SMILES string of the molecule is COc1ccc(S(=O)(=O)Nc2ccccc2C(=O)N2CCCCCC2)cc1C(=O)N1CCCCCC1. The van der Waals surface area contributed by atoms with Crippen LogP contribution in [0.2, 0.25) is 0 Å². The van der Waals surface area contributed by atoms with Gasteiger partial charge in [0.05, 0.1) is 28.8 Å². The lowest BCUT2D eigenvalue weighted by atomic mass is 10.1. The van der Waals surface area contributed by atoms with Crippen LogP contribution in [-0.4, -0.2) is 63.3 Å². The number of amides is 2. The van der Waals surface area contributed by atoms with Crippen molar-refractivity contribution in [3.8, 4) is 5.75 Å². The van der Waals surface area contributed by atoms with E-state index in [-0.39, 0.29) is 28.0 Å². The second kappa shape index (κ2) is 11.8. The number of ether oxygens (including phenoxy) is 1. The normalized spacial score (nSPS) is 17.1. The number of hydrogen-bond acceptors (Lipinski definition) is 5. The quantitative estimate of drug-likeness (QED) is 0.612. The molecule has 9 heteroatoms. The Bertz CT molecular complexity index is 1180. The second-order valence-electron chi connectivity index (χ2n) is 9.43. The monoisotopic (exact) mass is 513 g/mol. The highest BCUT2D eigenvalue weighted by atomic mass is 32.2. The van der Waals surface area contributed by atoms with Gasteiger partial charge in [-0.2, -0.15) is 0 Å². The minimum Gasteiger partial charge on any atom is -0.496 e. The Morgan fingerprint density at radius 3 is 1.83 bits per heavy atom. The Balaban J connectivity index is 1.61. The molecule has 4 rings (SSSR count). The third-order valence-electron chi connectivity index (χ3n) is 6.90. The number of anilines is 1. The van der Waals surface area contributed by atoms with Gasteiger partial charge in [-0.3, -0.25) is 14.3 Å². The van der Waals surface area contributed by atoms with E-state index in [1.165, 1.54) is 25.3 Å². The number of nitrogens with one attached hydrogen (secondary N) is 1. The molecule has 2 aromatic rings. The maximum atomic E-state index is 13.4. The zero-order chi connectivity index (χ0) is 25.5. The van der Waals surface area contributed by atoms with E-state index >= 15 is 0 Å². The largest absolute Gasteiger partial charge is 0.496 e. The lowest BCUT2D eigenvalue weighted by Gasteiger charge is -2.23. The Labute approximate surface area is 213 Å². The topological polar surface area (TPSA) is 96.0 Å². The van der Waals surface area contributed by atoms with E-state index < -0.39 is 10.0 Å². The smallest absolute Gasteiger partial charge is 0.261 e. The molecule has 0 bridgehead atoms. The van der Waals surface area contributed by atoms with Crippen LogP contribution >= 0.6 is 0 Å². The summed E-state index contributed by atoms with van der Waals surface area (Å²) >= 11 is 0. The van der Waals surface area contributed by atoms with E-state index in [9.17, 15) is 18.0 Å². The average Bonchev–Trinajstić information content (AvgIpc) is 3.33. The summed E-state index contributed by atoms with van der Waals surface area (Å²) in [6.45, 7) is 2.62. The summed E-state index contributed by atoms with van der Waals surface area (Å²) in [5.74, 6) is -0.0792. The Morgan fingerprint density at radius 2 is 1.28 bits per heavy atom. The highest BCUT2D eigenvalue weighted by Crippen LogP contribution is 2.28. The van der Waals surface area contributed by atoms with Crippen molar-refractivity contribution in [2.75, 3.05) is 38.0 Å². The molecule has 0 aliphatic carbocycles. The number of likely N-dealkylation sites (tertiary alicyclic amines) is 2. The number of sulfonamides is 1. The predicted molar refractivity (Wildman–Crippen MR) is 139 cm³/mol. The number of nitrogens with zero attached hydrogens (tertiary/aromatic N) is 2. The minimum atomic E-state index is -4.07. The molecule has 2 fully saturated rings. The molecule has 2 aliphatic heterocycles. The van der Waals surface area contributed by atoms with Crippen molar-refractivity contribution in [1.82, 2.24) is 9.80 Å². The summed E-state index contributed by atoms with van der Waals surface area (Å²) in [7, 11) is -2.61. The van der Waals surface area contributed by atoms with E-state index in [1.54, 1.807) is 34.1 Å². The van der Waals surface area contributed by atoms with Crippen LogP contribution in [0.5, 0.6) is 5.75 Å². The van der Waals surface area contributed by atoms with Crippen molar-refractivity contribution in [2.24, 2.45) is 0 Å². The molecule has 2 aromatic carbocycles. The lowest BCUT2D eigenvalue weighted by Crippen LogP contribution is -2.33. The van der Waals surface area contributed by atoms with E-state index in [2.05, 4.69) is 4.72 Å². The number of hydrogen-bond donors (Lipinski definition) is 1. The van der Waals surface area contributed by atoms with Crippen molar-refractivity contribution in [1.29, 1.82) is 0 Å². The van der Waals surface area contributed by atoms with Gasteiger partial charge in [-0.05, 0) is 56.0 Å². The van der Waals surface area contributed by atoms with E-state index in [4.69, 9.17) is 4.74 Å². The molecule has 2 heterocycles. The van der Waals surface area contributed by atoms with Crippen LogP contribution < -0.4 is 9.46 Å². The summed E-state index contributed by atoms with van der Waals surface area (Å²) < 4.78 is 34.8. The van der Waals surface area contributed by atoms with Gasteiger partial charge in [0.1, 0.15) is 5.75 Å². The van der Waals surface area contributed by atoms with Crippen molar-refractivity contribution in [3.63, 3.8) is 0 Å². The predicted octanol–water partition coefficient (Wildman–Crippen LogP) is 4.53. The van der Waals surface area contributed by atoms with Crippen molar-refractivity contribution >= 4 is 27.5 Å². The molecule has 0 unspecified atom stereocenters. The Hall–Kier alpha value is -3.07. The van der Waals surface area contributed by atoms with Crippen molar-refractivity contribution in [2.45, 2.75) is 56.3 Å². The van der Waals surface area contributed by atoms with Crippen LogP contribution in [0.25, 0.3) is 0 Å². The standard InChI is InChI=1S/C27H35N3O5S/c1-35-25-15-14-21(20-23(25)27(32)30-18-10-4-5-11-19-30)36(33,34)28-24-13-7-6-12-22(24)26(31)29-16-8-2-3-9-17-29/h6-7,12-15,20,28H,2-5,8-11,16-19H2,1H3. The molecule has 2 aliphatic rings. The van der Waals surface area contributed by atoms with E-state index in [0.29, 0.717) is 37.5 Å². The summed E-state index contributed by atoms with van der Waals surface area (Å²) in [6, 6.07) is 11.0. The van der Waals surface area contributed by atoms with Crippen LogP contribution in [-0.2, 0) is 10.0 Å². The first kappa shape index (κ1) is 26.0. The molecule has 0 atom stereocenters. The molecule has 1 N–H and O–H groups in total. The van der Waals surface area contributed by atoms with Crippen LogP contribution in [0.15, 0.2) is 47.4 Å². The molecular weight excluding hydrogens is 478 g/mol. The Kier molecular flexibility index (Phi) is 8.51. The molecule has 2 saturated heterocycles. The number of para-hydroxylation sites is 1. The van der Waals surface area contributed by atoms with Gasteiger partial charge in [-0.1, -0.05) is 37.8 Å². The molecule has 0 saturated carbocycles. The van der Waals surface area contributed by atoms with Gasteiger partial charge in [-0.15, -0.1) is 0 Å². The van der Waals surface area contributed by atoms with Crippen LogP contribution in [0.1, 0.15) is 72.1 Å². The zero-order valence-corrected chi connectivity index (χ0v) is 21.7. The number of rotatable bonds is 6. The second-order valence-corrected chi connectivity index (χ2v) is 11.1. The first-order valence-corrected chi connectivity index (χ1v) is 14.3. The summed E-state index contributed by atoms with van der Waals surface area (Å²) in [5.41, 5.74) is 0.761. The van der Waals surface area contributed by atoms with Crippen molar-refractivity contribution < 1.29 is 22.7 Å². The molecule has 194 valence electrons. The van der Waals surface area contributed by atoms with Crippen LogP contribution in [0.3, 0.4) is 0 Å². The molecular formula is C27H35N3O5S. The molecule has 8 nitrogen and oxygen atoms in total. The van der Waals surface area contributed by atoms with Crippen LogP contribution in [0, 0.1) is 0 Å². The highest BCUT2D eigenvalue weighted by molar-refractivity contribution is 7.92. The van der Waals surface area contributed by atoms with Gasteiger partial charge in [0, 0.05) is 26.2 Å². The molecule has 2 amide bonds. The fraction of sp³-hybridized carbons (Fsp3) is 0.481. The van der Waals surface area contributed by atoms with Gasteiger partial charge in [0.25, 0.3) is 21.8 Å². The van der Waals surface area contributed by atoms with Gasteiger partial charge in [0.15, 0.2) is 0 Å². The third kappa shape index (κ3) is 6.00. The minimum absolute atomic E-state index is 0.0569. The van der Waals surface area contributed by atoms with Gasteiger partial charge in [-0.25, -0.2) is 8.42 Å². The van der Waals surface area contributed by atoms with Gasteiger partial charge in [0.2, 0.25) is 0 Å². The van der Waals surface area contributed by atoms with Crippen LogP contribution in [0.4, 0.5) is 5.69 Å². The maximum absolute atomic E-state index is 13.4. The third-order valence-corrected chi connectivity index (χ3v) is 8.26.